The number of nitrogens with zero attached hydrogens (tertiary/aromatic N) is 1. The van der Waals surface area contributed by atoms with Gasteiger partial charge in [0.15, 0.2) is 5.13 Å². The number of hydrogen-bond acceptors (Lipinski definition) is 4. The highest BCUT2D eigenvalue weighted by atomic mass is 79.9. The van der Waals surface area contributed by atoms with E-state index in [0.29, 0.717) is 6.54 Å². The highest BCUT2D eigenvalue weighted by Gasteiger charge is 2.08. The zero-order valence-electron chi connectivity index (χ0n) is 9.57. The summed E-state index contributed by atoms with van der Waals surface area (Å²) >= 11 is 5.06. The Hall–Kier alpha value is -0.460. The van der Waals surface area contributed by atoms with Gasteiger partial charge in [0.2, 0.25) is 0 Å². The van der Waals surface area contributed by atoms with Gasteiger partial charge in [-0.2, -0.15) is 0 Å². The fourth-order valence-electron chi connectivity index (χ4n) is 1.32. The van der Waals surface area contributed by atoms with Crippen LogP contribution in [0.25, 0.3) is 10.2 Å². The summed E-state index contributed by atoms with van der Waals surface area (Å²) in [4.78, 5) is 4.47. The molecule has 0 radical (unpaired) electrons. The average molecular weight is 333 g/mol. The number of hydrogen-bond donors (Lipinski definition) is 1. The SMILES string of the molecule is CC(CNc1nc2ccc(Br)cc2s1)S(C)=O. The van der Waals surface area contributed by atoms with E-state index in [2.05, 4.69) is 32.3 Å². The third kappa shape index (κ3) is 3.26. The third-order valence-electron chi connectivity index (χ3n) is 2.46. The Morgan fingerprint density at radius 1 is 1.59 bits per heavy atom. The van der Waals surface area contributed by atoms with Gasteiger partial charge in [-0.3, -0.25) is 4.21 Å². The number of nitrogens with one attached hydrogen (secondary N) is 1. The molecular formula is C11H13BrN2OS2. The number of halogens is 1. The highest BCUT2D eigenvalue weighted by molar-refractivity contribution is 9.10. The first-order chi connectivity index (χ1) is 8.06. The van der Waals surface area contributed by atoms with Crippen LogP contribution in [-0.4, -0.2) is 27.2 Å². The lowest BCUT2D eigenvalue weighted by molar-refractivity contribution is 0.679. The first kappa shape index (κ1) is 13.0. The van der Waals surface area contributed by atoms with Crippen molar-refractivity contribution >= 4 is 53.4 Å². The van der Waals surface area contributed by atoms with E-state index in [0.717, 1.165) is 19.8 Å². The maximum atomic E-state index is 11.2. The van der Waals surface area contributed by atoms with E-state index in [1.54, 1.807) is 17.6 Å². The molecular weight excluding hydrogens is 320 g/mol. The summed E-state index contributed by atoms with van der Waals surface area (Å²) in [6.45, 7) is 2.65. The van der Waals surface area contributed by atoms with Crippen molar-refractivity contribution in [1.29, 1.82) is 0 Å². The van der Waals surface area contributed by atoms with Gasteiger partial charge in [-0.05, 0) is 25.1 Å². The van der Waals surface area contributed by atoms with Crippen LogP contribution < -0.4 is 5.32 Å². The highest BCUT2D eigenvalue weighted by Crippen LogP contribution is 2.28. The van der Waals surface area contributed by atoms with Crippen molar-refractivity contribution in [1.82, 2.24) is 4.98 Å². The molecule has 1 N–H and O–H groups in total. The van der Waals surface area contributed by atoms with Crippen LogP contribution in [0.15, 0.2) is 22.7 Å². The first-order valence-electron chi connectivity index (χ1n) is 5.18. The van der Waals surface area contributed by atoms with E-state index >= 15 is 0 Å². The summed E-state index contributed by atoms with van der Waals surface area (Å²) in [6, 6.07) is 6.03. The van der Waals surface area contributed by atoms with Crippen molar-refractivity contribution in [2.24, 2.45) is 0 Å². The summed E-state index contributed by atoms with van der Waals surface area (Å²) < 4.78 is 13.4. The van der Waals surface area contributed by atoms with Crippen molar-refractivity contribution in [2.45, 2.75) is 12.2 Å². The molecule has 2 atom stereocenters. The van der Waals surface area contributed by atoms with E-state index in [-0.39, 0.29) is 5.25 Å². The van der Waals surface area contributed by atoms with Crippen LogP contribution in [0.3, 0.4) is 0 Å². The van der Waals surface area contributed by atoms with Crippen molar-refractivity contribution in [2.75, 3.05) is 18.1 Å². The molecule has 2 unspecified atom stereocenters. The van der Waals surface area contributed by atoms with Crippen LogP contribution in [0.4, 0.5) is 5.13 Å². The lowest BCUT2D eigenvalue weighted by atomic mass is 10.3. The van der Waals surface area contributed by atoms with Crippen molar-refractivity contribution in [3.05, 3.63) is 22.7 Å². The summed E-state index contributed by atoms with van der Waals surface area (Å²) in [7, 11) is -0.799. The zero-order chi connectivity index (χ0) is 12.4. The topological polar surface area (TPSA) is 42.0 Å². The molecule has 2 aromatic rings. The van der Waals surface area contributed by atoms with Crippen LogP contribution in [0.1, 0.15) is 6.92 Å². The Bertz CT molecular complexity index is 555. The number of benzene rings is 1. The number of anilines is 1. The van der Waals surface area contributed by atoms with Crippen molar-refractivity contribution in [3.8, 4) is 0 Å². The van der Waals surface area contributed by atoms with Gasteiger partial charge in [0.1, 0.15) is 0 Å². The first-order valence-corrected chi connectivity index (χ1v) is 8.41. The summed E-state index contributed by atoms with van der Waals surface area (Å²) in [5, 5.41) is 4.25. The van der Waals surface area contributed by atoms with E-state index < -0.39 is 10.8 Å². The predicted octanol–water partition coefficient (Wildman–Crippen LogP) is 3.24. The lowest BCUT2D eigenvalue weighted by Crippen LogP contribution is -2.20. The molecule has 0 amide bonds. The molecule has 0 fully saturated rings. The second-order valence-electron chi connectivity index (χ2n) is 3.82. The van der Waals surface area contributed by atoms with Crippen molar-refractivity contribution < 1.29 is 4.21 Å². The molecule has 2 rings (SSSR count). The molecule has 17 heavy (non-hydrogen) atoms. The van der Waals surface area contributed by atoms with Gasteiger partial charge in [-0.25, -0.2) is 4.98 Å². The fourth-order valence-corrected chi connectivity index (χ4v) is 3.07. The largest absolute Gasteiger partial charge is 0.360 e. The van der Waals surface area contributed by atoms with E-state index in [1.807, 2.05) is 19.1 Å². The maximum Gasteiger partial charge on any atom is 0.183 e. The fraction of sp³-hybridized carbons (Fsp3) is 0.364. The van der Waals surface area contributed by atoms with Crippen molar-refractivity contribution in [3.63, 3.8) is 0 Å². The van der Waals surface area contributed by atoms with Crippen LogP contribution in [0, 0.1) is 0 Å². The molecule has 6 heteroatoms. The van der Waals surface area contributed by atoms with Gasteiger partial charge in [-0.15, -0.1) is 0 Å². The van der Waals surface area contributed by atoms with Gasteiger partial charge in [0.25, 0.3) is 0 Å². The van der Waals surface area contributed by atoms with Crippen LogP contribution in [0.5, 0.6) is 0 Å². The van der Waals surface area contributed by atoms with E-state index in [9.17, 15) is 4.21 Å². The van der Waals surface area contributed by atoms with Gasteiger partial charge in [-0.1, -0.05) is 27.3 Å². The third-order valence-corrected chi connectivity index (χ3v) is 5.23. The van der Waals surface area contributed by atoms with Gasteiger partial charge >= 0.3 is 0 Å². The minimum absolute atomic E-state index is 0.133. The van der Waals surface area contributed by atoms with Gasteiger partial charge in [0, 0.05) is 33.3 Å². The number of aromatic nitrogens is 1. The Morgan fingerprint density at radius 3 is 3.06 bits per heavy atom. The molecule has 0 spiro atoms. The molecule has 1 aromatic heterocycles. The summed E-state index contributed by atoms with van der Waals surface area (Å²) in [5.41, 5.74) is 0.992. The molecule has 92 valence electrons. The number of fused-ring (bicyclic) bond motifs is 1. The van der Waals surface area contributed by atoms with Gasteiger partial charge < -0.3 is 5.32 Å². The predicted molar refractivity (Wildman–Crippen MR) is 79.3 cm³/mol. The minimum Gasteiger partial charge on any atom is -0.360 e. The Morgan fingerprint density at radius 2 is 2.35 bits per heavy atom. The van der Waals surface area contributed by atoms with E-state index in [4.69, 9.17) is 0 Å². The quantitative estimate of drug-likeness (QED) is 0.934. The summed E-state index contributed by atoms with van der Waals surface area (Å²) in [6.07, 6.45) is 1.72. The minimum atomic E-state index is -0.799. The number of rotatable bonds is 4. The Labute approximate surface area is 115 Å². The summed E-state index contributed by atoms with van der Waals surface area (Å²) in [5.74, 6) is 0. The average Bonchev–Trinajstić information content (AvgIpc) is 2.67. The molecule has 0 aliphatic rings. The molecule has 0 bridgehead atoms. The standard InChI is InChI=1S/C11H13BrN2OS2/c1-7(17(2)15)6-13-11-14-9-4-3-8(12)5-10(9)16-11/h3-5,7H,6H2,1-2H3,(H,13,14). The molecule has 0 aliphatic carbocycles. The Kier molecular flexibility index (Phi) is 4.17. The smallest absolute Gasteiger partial charge is 0.183 e. The second kappa shape index (κ2) is 5.46. The van der Waals surface area contributed by atoms with Crippen LogP contribution in [0.2, 0.25) is 0 Å². The lowest BCUT2D eigenvalue weighted by Gasteiger charge is -2.07. The molecule has 0 saturated carbocycles. The van der Waals surface area contributed by atoms with E-state index in [1.165, 1.54) is 0 Å². The Balaban J connectivity index is 2.12. The zero-order valence-corrected chi connectivity index (χ0v) is 12.8. The number of thiazole rings is 1. The molecule has 0 aliphatic heterocycles. The molecule has 1 aromatic carbocycles. The monoisotopic (exact) mass is 332 g/mol. The van der Waals surface area contributed by atoms with Crippen LogP contribution >= 0.6 is 27.3 Å². The molecule has 0 saturated heterocycles. The normalized spacial score (nSPS) is 14.8. The molecule has 1 heterocycles. The second-order valence-corrected chi connectivity index (χ2v) is 7.57. The van der Waals surface area contributed by atoms with Gasteiger partial charge in [0.05, 0.1) is 10.2 Å². The van der Waals surface area contributed by atoms with Crippen LogP contribution in [-0.2, 0) is 10.8 Å². The maximum absolute atomic E-state index is 11.2. The molecule has 3 nitrogen and oxygen atoms in total.